The fraction of sp³-hybridized carbons (Fsp3) is 0. The van der Waals surface area contributed by atoms with Crippen LogP contribution < -0.4 is 21.5 Å². The predicted octanol–water partition coefficient (Wildman–Crippen LogP) is 2.80. The molecular formula is C20H17N5O3. The minimum Gasteiger partial charge on any atom is -0.308 e. The highest BCUT2D eigenvalue weighted by Gasteiger charge is 2.10. The van der Waals surface area contributed by atoms with E-state index in [-0.39, 0.29) is 5.69 Å². The molecule has 2 aromatic carbocycles. The molecule has 1 heterocycles. The minimum absolute atomic E-state index is 0.187. The van der Waals surface area contributed by atoms with Crippen LogP contribution in [0.15, 0.2) is 79.0 Å². The summed E-state index contributed by atoms with van der Waals surface area (Å²) >= 11 is 0. The van der Waals surface area contributed by atoms with Crippen LogP contribution in [0.25, 0.3) is 0 Å². The zero-order valence-corrected chi connectivity index (χ0v) is 14.7. The average molecular weight is 375 g/mol. The van der Waals surface area contributed by atoms with Gasteiger partial charge in [-0.3, -0.25) is 25.4 Å². The molecule has 0 bridgehead atoms. The standard InChI is InChI=1S/C20H17N5O3/c26-18(24-25-19(27)17-8-4-5-13-21-17)14-9-11-16(12-10-14)23-20(28)22-15-6-2-1-3-7-15/h1-13H,(H,24,26)(H,25,27)(H2,22,23,28). The number of aromatic nitrogens is 1. The molecule has 3 rings (SSSR count). The van der Waals surface area contributed by atoms with E-state index in [1.165, 1.54) is 24.4 Å². The van der Waals surface area contributed by atoms with Gasteiger partial charge in [-0.05, 0) is 48.5 Å². The molecule has 0 unspecified atom stereocenters. The Morgan fingerprint density at radius 2 is 1.25 bits per heavy atom. The maximum atomic E-state index is 12.1. The number of benzene rings is 2. The first-order chi connectivity index (χ1) is 13.6. The Morgan fingerprint density at radius 1 is 0.643 bits per heavy atom. The molecule has 0 saturated heterocycles. The minimum atomic E-state index is -0.523. The summed E-state index contributed by atoms with van der Waals surface area (Å²) in [5.41, 5.74) is 6.29. The largest absolute Gasteiger partial charge is 0.323 e. The van der Waals surface area contributed by atoms with Crippen LogP contribution in [-0.4, -0.2) is 22.8 Å². The lowest BCUT2D eigenvalue weighted by atomic mass is 10.2. The van der Waals surface area contributed by atoms with Crippen LogP contribution in [0.4, 0.5) is 16.2 Å². The van der Waals surface area contributed by atoms with Gasteiger partial charge in [0, 0.05) is 23.1 Å². The van der Waals surface area contributed by atoms with E-state index in [4.69, 9.17) is 0 Å². The number of carbonyl (C=O) groups excluding carboxylic acids is 3. The van der Waals surface area contributed by atoms with E-state index in [1.54, 1.807) is 36.4 Å². The highest BCUT2D eigenvalue weighted by Crippen LogP contribution is 2.11. The number of pyridine rings is 1. The Balaban J connectivity index is 1.51. The van der Waals surface area contributed by atoms with Crippen molar-refractivity contribution in [3.63, 3.8) is 0 Å². The van der Waals surface area contributed by atoms with Crippen LogP contribution in [0.5, 0.6) is 0 Å². The van der Waals surface area contributed by atoms with E-state index in [1.807, 2.05) is 18.2 Å². The van der Waals surface area contributed by atoms with Gasteiger partial charge in [0.1, 0.15) is 5.69 Å². The maximum absolute atomic E-state index is 12.1. The molecule has 3 aromatic rings. The topological polar surface area (TPSA) is 112 Å². The number of urea groups is 1. The van der Waals surface area contributed by atoms with Gasteiger partial charge in [0.25, 0.3) is 11.8 Å². The number of nitrogens with one attached hydrogen (secondary N) is 4. The highest BCUT2D eigenvalue weighted by molar-refractivity contribution is 6.01. The van der Waals surface area contributed by atoms with Crippen molar-refractivity contribution in [2.75, 3.05) is 10.6 Å². The van der Waals surface area contributed by atoms with E-state index in [2.05, 4.69) is 26.5 Å². The second kappa shape index (κ2) is 8.95. The maximum Gasteiger partial charge on any atom is 0.323 e. The molecule has 0 atom stereocenters. The number of nitrogens with zero attached hydrogens (tertiary/aromatic N) is 1. The molecule has 0 aliphatic heterocycles. The molecule has 0 saturated carbocycles. The van der Waals surface area contributed by atoms with Gasteiger partial charge >= 0.3 is 6.03 Å². The Kier molecular flexibility index (Phi) is 5.94. The smallest absolute Gasteiger partial charge is 0.308 e. The van der Waals surface area contributed by atoms with Gasteiger partial charge in [-0.2, -0.15) is 0 Å². The molecule has 140 valence electrons. The third-order valence-electron chi connectivity index (χ3n) is 3.62. The van der Waals surface area contributed by atoms with Gasteiger partial charge in [-0.25, -0.2) is 4.79 Å². The van der Waals surface area contributed by atoms with E-state index in [9.17, 15) is 14.4 Å². The Hall–Kier alpha value is -4.20. The molecule has 0 aliphatic rings. The second-order valence-corrected chi connectivity index (χ2v) is 5.65. The SMILES string of the molecule is O=C(Nc1ccccc1)Nc1ccc(C(=O)NNC(=O)c2ccccn2)cc1. The van der Waals surface area contributed by atoms with Crippen molar-refractivity contribution in [2.24, 2.45) is 0 Å². The summed E-state index contributed by atoms with van der Waals surface area (Å²) in [6, 6.07) is 19.7. The molecular weight excluding hydrogens is 358 g/mol. The number of hydrogen-bond acceptors (Lipinski definition) is 4. The third kappa shape index (κ3) is 5.15. The number of para-hydroxylation sites is 1. The van der Waals surface area contributed by atoms with Crippen LogP contribution in [-0.2, 0) is 0 Å². The quantitative estimate of drug-likeness (QED) is 0.525. The first-order valence-corrected chi connectivity index (χ1v) is 8.36. The van der Waals surface area contributed by atoms with Crippen LogP contribution in [0.1, 0.15) is 20.8 Å². The number of hydrogen-bond donors (Lipinski definition) is 4. The van der Waals surface area contributed by atoms with Gasteiger partial charge in [0.2, 0.25) is 0 Å². The molecule has 8 nitrogen and oxygen atoms in total. The number of amides is 4. The van der Waals surface area contributed by atoms with Crippen molar-refractivity contribution in [3.8, 4) is 0 Å². The summed E-state index contributed by atoms with van der Waals surface area (Å²) in [7, 11) is 0. The van der Waals surface area contributed by atoms with E-state index in [0.29, 0.717) is 16.9 Å². The van der Waals surface area contributed by atoms with E-state index in [0.717, 1.165) is 0 Å². The summed E-state index contributed by atoms with van der Waals surface area (Å²) in [5.74, 6) is -1.02. The second-order valence-electron chi connectivity index (χ2n) is 5.65. The lowest BCUT2D eigenvalue weighted by Gasteiger charge is -2.09. The van der Waals surface area contributed by atoms with E-state index < -0.39 is 17.8 Å². The third-order valence-corrected chi connectivity index (χ3v) is 3.62. The molecule has 8 heteroatoms. The van der Waals surface area contributed by atoms with Crippen LogP contribution in [0.3, 0.4) is 0 Å². The van der Waals surface area contributed by atoms with Crippen LogP contribution >= 0.6 is 0 Å². The van der Waals surface area contributed by atoms with E-state index >= 15 is 0 Å². The summed E-state index contributed by atoms with van der Waals surface area (Å²) in [4.78, 5) is 39.8. The first kappa shape index (κ1) is 18.6. The summed E-state index contributed by atoms with van der Waals surface area (Å²) in [5, 5.41) is 5.36. The first-order valence-electron chi connectivity index (χ1n) is 8.36. The van der Waals surface area contributed by atoms with Crippen molar-refractivity contribution in [3.05, 3.63) is 90.3 Å². The van der Waals surface area contributed by atoms with Gasteiger partial charge in [-0.1, -0.05) is 24.3 Å². The normalized spacial score (nSPS) is 9.86. The zero-order valence-electron chi connectivity index (χ0n) is 14.7. The fourth-order valence-electron chi connectivity index (χ4n) is 2.27. The summed E-state index contributed by atoms with van der Waals surface area (Å²) in [6.45, 7) is 0. The van der Waals surface area contributed by atoms with Crippen molar-refractivity contribution in [1.82, 2.24) is 15.8 Å². The average Bonchev–Trinajstić information content (AvgIpc) is 2.73. The molecule has 0 radical (unpaired) electrons. The molecule has 0 fully saturated rings. The fourth-order valence-corrected chi connectivity index (χ4v) is 2.27. The number of carbonyl (C=O) groups is 3. The number of hydrazine groups is 1. The van der Waals surface area contributed by atoms with Crippen molar-refractivity contribution in [2.45, 2.75) is 0 Å². The number of rotatable bonds is 4. The van der Waals surface area contributed by atoms with Crippen LogP contribution in [0, 0.1) is 0 Å². The lowest BCUT2D eigenvalue weighted by molar-refractivity contribution is 0.0844. The van der Waals surface area contributed by atoms with Crippen molar-refractivity contribution < 1.29 is 14.4 Å². The predicted molar refractivity (Wildman–Crippen MR) is 105 cm³/mol. The molecule has 0 spiro atoms. The molecule has 4 N–H and O–H groups in total. The van der Waals surface area contributed by atoms with Gasteiger partial charge in [0.15, 0.2) is 0 Å². The van der Waals surface area contributed by atoms with Crippen LogP contribution in [0.2, 0.25) is 0 Å². The molecule has 4 amide bonds. The van der Waals surface area contributed by atoms with Gasteiger partial charge < -0.3 is 10.6 Å². The van der Waals surface area contributed by atoms with Crippen molar-refractivity contribution in [1.29, 1.82) is 0 Å². The van der Waals surface area contributed by atoms with Crippen molar-refractivity contribution >= 4 is 29.2 Å². The monoisotopic (exact) mass is 375 g/mol. The van der Waals surface area contributed by atoms with Gasteiger partial charge in [-0.15, -0.1) is 0 Å². The summed E-state index contributed by atoms with van der Waals surface area (Å²) in [6.07, 6.45) is 1.48. The molecule has 1 aromatic heterocycles. The zero-order chi connectivity index (χ0) is 19.8. The molecule has 28 heavy (non-hydrogen) atoms. The number of anilines is 2. The molecule has 0 aliphatic carbocycles. The Morgan fingerprint density at radius 3 is 1.89 bits per heavy atom. The summed E-state index contributed by atoms with van der Waals surface area (Å²) < 4.78 is 0. The lowest BCUT2D eigenvalue weighted by Crippen LogP contribution is -2.41. The highest BCUT2D eigenvalue weighted by atomic mass is 16.2. The Bertz CT molecular complexity index is 960. The Labute approximate surface area is 161 Å². The van der Waals surface area contributed by atoms with Gasteiger partial charge in [0.05, 0.1) is 0 Å².